The summed E-state index contributed by atoms with van der Waals surface area (Å²) < 4.78 is 9.90. The Morgan fingerprint density at radius 2 is 1.18 bits per heavy atom. The number of rotatable bonds is 12. The molecule has 232 valence electrons. The van der Waals surface area contributed by atoms with Crippen LogP contribution < -0.4 is 0 Å². The highest BCUT2D eigenvalue weighted by Crippen LogP contribution is 2.35. The maximum absolute atomic E-state index is 14.5. The molecule has 0 spiro atoms. The maximum Gasteiger partial charge on any atom is 0.337 e. The Kier molecular flexibility index (Phi) is 10.7. The molecule has 4 aromatic rings. The molecule has 0 bridgehead atoms. The highest BCUT2D eigenvalue weighted by atomic mass is 79.9. The number of nitrogens with zero attached hydrogens (tertiary/aromatic N) is 2. The van der Waals surface area contributed by atoms with Crippen molar-refractivity contribution >= 4 is 33.9 Å². The smallest absolute Gasteiger partial charge is 0.337 e. The number of esters is 2. The lowest BCUT2D eigenvalue weighted by Crippen LogP contribution is -2.44. The fourth-order valence-corrected chi connectivity index (χ4v) is 7.10. The topological polar surface area (TPSA) is 76.2 Å². The van der Waals surface area contributed by atoms with Crippen molar-refractivity contribution in [2.45, 2.75) is 49.3 Å². The minimum absolute atomic E-state index is 0.0557. The normalized spacial score (nSPS) is 16.8. The Morgan fingerprint density at radius 1 is 0.689 bits per heavy atom. The van der Waals surface area contributed by atoms with Crippen molar-refractivity contribution in [1.82, 2.24) is 9.80 Å². The van der Waals surface area contributed by atoms with Gasteiger partial charge in [-0.15, -0.1) is 0 Å². The molecule has 0 aromatic heterocycles. The van der Waals surface area contributed by atoms with E-state index in [0.717, 1.165) is 30.4 Å². The third-order valence-electron chi connectivity index (χ3n) is 8.26. The molecule has 5 rings (SSSR count). The molecule has 3 atom stereocenters. The zero-order chi connectivity index (χ0) is 31.8. The van der Waals surface area contributed by atoms with Gasteiger partial charge in [-0.05, 0) is 65.8 Å². The average molecular weight is 670 g/mol. The molecule has 1 saturated heterocycles. The summed E-state index contributed by atoms with van der Waals surface area (Å²) in [5, 5.41) is 0. The van der Waals surface area contributed by atoms with Crippen LogP contribution in [0.15, 0.2) is 109 Å². The van der Waals surface area contributed by atoms with Crippen LogP contribution in [0.1, 0.15) is 49.4 Å². The van der Waals surface area contributed by atoms with Crippen molar-refractivity contribution in [3.63, 3.8) is 0 Å². The largest absolute Gasteiger partial charge is 0.465 e. The van der Waals surface area contributed by atoms with Crippen LogP contribution in [-0.4, -0.2) is 58.9 Å². The standard InChI is InChI=1S/C37H37BrN2O5/c1-44-35(41)30-17-9-15-28(21-30)24-39-33(20-19-26-11-5-3-6-12-26)34(32(38)23-27-13-7-4-8-14-27)40(37(39)43)25-29-16-10-18-31(22-29)36(42)45-2/h3-18,21-22,32-34H,19-20,23-25H2,1-2H3. The molecule has 4 aromatic carbocycles. The Morgan fingerprint density at radius 3 is 1.71 bits per heavy atom. The van der Waals surface area contributed by atoms with Crippen molar-refractivity contribution in [3.8, 4) is 0 Å². The molecule has 0 saturated carbocycles. The number of methoxy groups -OCH3 is 2. The molecule has 0 radical (unpaired) electrons. The summed E-state index contributed by atoms with van der Waals surface area (Å²) in [4.78, 5) is 42.9. The second kappa shape index (κ2) is 15.0. The van der Waals surface area contributed by atoms with Gasteiger partial charge in [0.2, 0.25) is 0 Å². The summed E-state index contributed by atoms with van der Waals surface area (Å²) in [7, 11) is 2.72. The van der Waals surface area contributed by atoms with Crippen molar-refractivity contribution in [2.75, 3.05) is 14.2 Å². The van der Waals surface area contributed by atoms with Crippen molar-refractivity contribution in [2.24, 2.45) is 0 Å². The van der Waals surface area contributed by atoms with E-state index in [1.54, 1.807) is 24.3 Å². The van der Waals surface area contributed by atoms with Gasteiger partial charge in [-0.3, -0.25) is 0 Å². The molecule has 1 aliphatic heterocycles. The maximum atomic E-state index is 14.5. The van der Waals surface area contributed by atoms with Gasteiger partial charge < -0.3 is 19.3 Å². The highest BCUT2D eigenvalue weighted by molar-refractivity contribution is 9.09. The van der Waals surface area contributed by atoms with E-state index in [9.17, 15) is 14.4 Å². The second-order valence-electron chi connectivity index (χ2n) is 11.2. The SMILES string of the molecule is COC(=O)c1cccc(CN2C(=O)N(Cc3cccc(C(=O)OC)c3)C(C(Br)Cc3ccccc3)C2CCc2ccccc2)c1. The van der Waals surface area contributed by atoms with Crippen LogP contribution in [0.25, 0.3) is 0 Å². The predicted molar refractivity (Wildman–Crippen MR) is 177 cm³/mol. The number of aryl methyl sites for hydroxylation is 1. The fourth-order valence-electron chi connectivity index (χ4n) is 6.09. The molecule has 1 fully saturated rings. The van der Waals surface area contributed by atoms with Gasteiger partial charge in [-0.1, -0.05) is 101 Å². The van der Waals surface area contributed by atoms with E-state index >= 15 is 0 Å². The lowest BCUT2D eigenvalue weighted by Gasteiger charge is -2.32. The monoisotopic (exact) mass is 668 g/mol. The number of halogens is 1. The summed E-state index contributed by atoms with van der Waals surface area (Å²) in [6.07, 6.45) is 2.27. The van der Waals surface area contributed by atoms with Gasteiger partial charge >= 0.3 is 18.0 Å². The number of carbonyl (C=O) groups is 3. The average Bonchev–Trinajstić information content (AvgIpc) is 3.33. The zero-order valence-corrected chi connectivity index (χ0v) is 27.1. The Hall–Kier alpha value is -4.43. The van der Waals surface area contributed by atoms with Crippen LogP contribution in [0.3, 0.4) is 0 Å². The van der Waals surface area contributed by atoms with Gasteiger partial charge in [0.05, 0.1) is 37.4 Å². The van der Waals surface area contributed by atoms with E-state index in [0.29, 0.717) is 24.2 Å². The number of urea groups is 1. The minimum Gasteiger partial charge on any atom is -0.465 e. The summed E-state index contributed by atoms with van der Waals surface area (Å²) in [5.41, 5.74) is 4.94. The van der Waals surface area contributed by atoms with Crippen LogP contribution in [0, 0.1) is 0 Å². The molecule has 45 heavy (non-hydrogen) atoms. The highest BCUT2D eigenvalue weighted by Gasteiger charge is 2.48. The van der Waals surface area contributed by atoms with Gasteiger partial charge in [0.1, 0.15) is 0 Å². The van der Waals surface area contributed by atoms with Gasteiger partial charge in [0.25, 0.3) is 0 Å². The van der Waals surface area contributed by atoms with E-state index in [1.165, 1.54) is 25.3 Å². The number of benzene rings is 4. The summed E-state index contributed by atoms with van der Waals surface area (Å²) in [5.74, 6) is -0.838. The molecular formula is C37H37BrN2O5. The third kappa shape index (κ3) is 7.81. The van der Waals surface area contributed by atoms with E-state index in [4.69, 9.17) is 9.47 Å². The first-order chi connectivity index (χ1) is 21.9. The molecule has 0 aliphatic carbocycles. The Bertz CT molecular complexity index is 1610. The Labute approximate surface area is 272 Å². The number of hydrogen-bond donors (Lipinski definition) is 0. The van der Waals surface area contributed by atoms with Gasteiger partial charge in [-0.25, -0.2) is 14.4 Å². The number of ether oxygens (including phenoxy) is 2. The van der Waals surface area contributed by atoms with Crippen molar-refractivity contribution < 1.29 is 23.9 Å². The van der Waals surface area contributed by atoms with Crippen LogP contribution in [0.5, 0.6) is 0 Å². The molecule has 3 unspecified atom stereocenters. The third-order valence-corrected chi connectivity index (χ3v) is 9.13. The molecule has 7 nitrogen and oxygen atoms in total. The first-order valence-corrected chi connectivity index (χ1v) is 15.9. The lowest BCUT2D eigenvalue weighted by atomic mass is 9.93. The molecule has 2 amide bonds. The van der Waals surface area contributed by atoms with Crippen molar-refractivity contribution in [1.29, 1.82) is 0 Å². The molecule has 1 aliphatic rings. The van der Waals surface area contributed by atoms with Gasteiger partial charge in [0, 0.05) is 17.9 Å². The quantitative estimate of drug-likeness (QED) is 0.119. The van der Waals surface area contributed by atoms with Crippen LogP contribution >= 0.6 is 15.9 Å². The number of alkyl halides is 1. The van der Waals surface area contributed by atoms with Crippen LogP contribution in [-0.2, 0) is 35.4 Å². The van der Waals surface area contributed by atoms with E-state index in [2.05, 4.69) is 40.2 Å². The van der Waals surface area contributed by atoms with E-state index in [1.807, 2.05) is 70.5 Å². The minimum atomic E-state index is -0.420. The fraction of sp³-hybridized carbons (Fsp3) is 0.270. The van der Waals surface area contributed by atoms with Gasteiger partial charge in [-0.2, -0.15) is 0 Å². The van der Waals surface area contributed by atoms with Crippen LogP contribution in [0.2, 0.25) is 0 Å². The molecular weight excluding hydrogens is 632 g/mol. The van der Waals surface area contributed by atoms with Gasteiger partial charge in [0.15, 0.2) is 0 Å². The zero-order valence-electron chi connectivity index (χ0n) is 25.5. The molecule has 0 N–H and O–H groups in total. The lowest BCUT2D eigenvalue weighted by molar-refractivity contribution is 0.0591. The van der Waals surface area contributed by atoms with E-state index in [-0.39, 0.29) is 22.9 Å². The Balaban J connectivity index is 1.53. The summed E-state index contributed by atoms with van der Waals surface area (Å²) >= 11 is 4.04. The number of amides is 2. The summed E-state index contributed by atoms with van der Waals surface area (Å²) in [6.45, 7) is 0.662. The number of carbonyl (C=O) groups excluding carboxylic acids is 3. The van der Waals surface area contributed by atoms with Crippen LogP contribution in [0.4, 0.5) is 4.79 Å². The van der Waals surface area contributed by atoms with Crippen molar-refractivity contribution in [3.05, 3.63) is 143 Å². The first-order valence-electron chi connectivity index (χ1n) is 15.0. The summed E-state index contributed by atoms with van der Waals surface area (Å²) in [6, 6.07) is 34.6. The second-order valence-corrected chi connectivity index (χ2v) is 12.4. The van der Waals surface area contributed by atoms with E-state index < -0.39 is 11.9 Å². The molecule has 1 heterocycles. The predicted octanol–water partition coefficient (Wildman–Crippen LogP) is 7.07. The first kappa shape index (κ1) is 32.0. The molecule has 8 heteroatoms. The number of hydrogen-bond acceptors (Lipinski definition) is 5.